The number of ether oxygens (including phenoxy) is 1. The molecule has 2 saturated heterocycles. The number of piperidine rings is 1. The molecule has 2 fully saturated rings. The van der Waals surface area contributed by atoms with Gasteiger partial charge in [-0.25, -0.2) is 9.07 Å². The van der Waals surface area contributed by atoms with E-state index in [-0.39, 0.29) is 22.5 Å². The zero-order valence-electron chi connectivity index (χ0n) is 12.9. The molecular formula is C15H22ClFN4O2. The van der Waals surface area contributed by atoms with Crippen LogP contribution < -0.4 is 16.2 Å². The summed E-state index contributed by atoms with van der Waals surface area (Å²) >= 11 is 6.20. The van der Waals surface area contributed by atoms with Crippen molar-refractivity contribution in [3.8, 4) is 0 Å². The molecule has 0 aromatic carbocycles. The molecule has 1 unspecified atom stereocenters. The third-order valence-corrected chi connectivity index (χ3v) is 4.89. The molecule has 1 aromatic heterocycles. The van der Waals surface area contributed by atoms with Crippen LogP contribution in [-0.2, 0) is 4.74 Å². The van der Waals surface area contributed by atoms with Crippen LogP contribution in [0.5, 0.6) is 0 Å². The van der Waals surface area contributed by atoms with Gasteiger partial charge in [0.25, 0.3) is 5.56 Å². The van der Waals surface area contributed by atoms with Crippen molar-refractivity contribution in [2.24, 2.45) is 5.92 Å². The Bertz CT molecular complexity index is 591. The number of aromatic nitrogens is 2. The summed E-state index contributed by atoms with van der Waals surface area (Å²) in [5, 5.41) is 10.7. The van der Waals surface area contributed by atoms with Gasteiger partial charge in [-0.05, 0) is 38.8 Å². The van der Waals surface area contributed by atoms with Gasteiger partial charge in [0.15, 0.2) is 0 Å². The molecule has 0 amide bonds. The van der Waals surface area contributed by atoms with Gasteiger partial charge in [0.1, 0.15) is 5.02 Å². The Labute approximate surface area is 139 Å². The number of hydrogen-bond donors (Lipinski definition) is 2. The summed E-state index contributed by atoms with van der Waals surface area (Å²) in [4.78, 5) is 12.4. The Kier molecular flexibility index (Phi) is 5.50. The quantitative estimate of drug-likeness (QED) is 0.874. The zero-order valence-corrected chi connectivity index (χ0v) is 13.7. The average Bonchev–Trinajstić information content (AvgIpc) is 2.58. The van der Waals surface area contributed by atoms with Gasteiger partial charge < -0.3 is 15.4 Å². The summed E-state index contributed by atoms with van der Waals surface area (Å²) < 4.78 is 20.1. The minimum atomic E-state index is -1.27. The fourth-order valence-corrected chi connectivity index (χ4v) is 3.33. The van der Waals surface area contributed by atoms with Crippen molar-refractivity contribution in [2.75, 3.05) is 31.6 Å². The lowest BCUT2D eigenvalue weighted by atomic mass is 10.0. The highest BCUT2D eigenvalue weighted by atomic mass is 35.5. The van der Waals surface area contributed by atoms with E-state index in [2.05, 4.69) is 15.7 Å². The van der Waals surface area contributed by atoms with E-state index in [1.54, 1.807) is 6.20 Å². The van der Waals surface area contributed by atoms with Crippen LogP contribution in [0.3, 0.4) is 0 Å². The zero-order chi connectivity index (χ0) is 16.2. The lowest BCUT2D eigenvalue weighted by molar-refractivity contribution is -0.102. The van der Waals surface area contributed by atoms with Crippen LogP contribution in [0.1, 0.15) is 31.7 Å². The molecular weight excluding hydrogens is 323 g/mol. The van der Waals surface area contributed by atoms with E-state index in [0.717, 1.165) is 38.8 Å². The third-order valence-electron chi connectivity index (χ3n) is 4.52. The number of hydrogen-bond acceptors (Lipinski definition) is 5. The monoisotopic (exact) mass is 344 g/mol. The fraction of sp³-hybridized carbons (Fsp3) is 0.733. The van der Waals surface area contributed by atoms with Gasteiger partial charge in [0.05, 0.1) is 24.5 Å². The van der Waals surface area contributed by atoms with Crippen molar-refractivity contribution in [2.45, 2.75) is 38.1 Å². The van der Waals surface area contributed by atoms with E-state index in [0.29, 0.717) is 18.8 Å². The predicted molar refractivity (Wildman–Crippen MR) is 86.7 cm³/mol. The minimum absolute atomic E-state index is 0.0808. The maximum atomic E-state index is 13.7. The second kappa shape index (κ2) is 7.59. The van der Waals surface area contributed by atoms with E-state index < -0.39 is 6.36 Å². The molecule has 23 heavy (non-hydrogen) atoms. The molecule has 2 N–H and O–H groups in total. The molecule has 8 heteroatoms. The summed E-state index contributed by atoms with van der Waals surface area (Å²) in [7, 11) is 0. The van der Waals surface area contributed by atoms with Gasteiger partial charge >= 0.3 is 0 Å². The van der Waals surface area contributed by atoms with E-state index in [9.17, 15) is 9.18 Å². The topological polar surface area (TPSA) is 68.2 Å². The molecule has 128 valence electrons. The number of nitrogens with one attached hydrogen (secondary N) is 2. The molecule has 3 rings (SSSR count). The minimum Gasteiger partial charge on any atom is -0.382 e. The lowest BCUT2D eigenvalue weighted by Crippen LogP contribution is -2.36. The first-order chi connectivity index (χ1) is 11.2. The first-order valence-corrected chi connectivity index (χ1v) is 8.52. The van der Waals surface area contributed by atoms with Crippen molar-refractivity contribution in [3.05, 3.63) is 21.6 Å². The van der Waals surface area contributed by atoms with Crippen molar-refractivity contribution < 1.29 is 9.13 Å². The van der Waals surface area contributed by atoms with Gasteiger partial charge in [0.2, 0.25) is 6.36 Å². The van der Waals surface area contributed by atoms with Crippen LogP contribution in [-0.4, -0.2) is 42.4 Å². The molecule has 1 aromatic rings. The van der Waals surface area contributed by atoms with Gasteiger partial charge in [-0.2, -0.15) is 5.10 Å². The van der Waals surface area contributed by atoms with Gasteiger partial charge in [-0.3, -0.25) is 4.79 Å². The molecule has 2 atom stereocenters. The number of anilines is 1. The van der Waals surface area contributed by atoms with Gasteiger partial charge in [-0.15, -0.1) is 0 Å². The highest BCUT2D eigenvalue weighted by molar-refractivity contribution is 6.32. The fourth-order valence-electron chi connectivity index (χ4n) is 3.12. The summed E-state index contributed by atoms with van der Waals surface area (Å²) in [6, 6.07) is 0.0808. The molecule has 0 spiro atoms. The number of alkyl halides is 1. The number of nitrogens with zero attached hydrogens (tertiary/aromatic N) is 2. The van der Waals surface area contributed by atoms with E-state index in [4.69, 9.17) is 16.3 Å². The summed E-state index contributed by atoms with van der Waals surface area (Å²) in [6.07, 6.45) is 3.61. The Balaban J connectivity index is 1.68. The second-order valence-electron chi connectivity index (χ2n) is 6.11. The first kappa shape index (κ1) is 16.7. The number of halogens is 2. The normalized spacial score (nSPS) is 26.2. The maximum Gasteiger partial charge on any atom is 0.287 e. The molecule has 2 aliphatic rings. The Morgan fingerprint density at radius 1 is 1.43 bits per heavy atom. The molecule has 0 radical (unpaired) electrons. The second-order valence-corrected chi connectivity index (χ2v) is 6.49. The highest BCUT2D eigenvalue weighted by Crippen LogP contribution is 2.24. The van der Waals surface area contributed by atoms with Crippen molar-refractivity contribution in [3.63, 3.8) is 0 Å². The molecule has 0 aliphatic carbocycles. The molecule has 3 heterocycles. The largest absolute Gasteiger partial charge is 0.382 e. The van der Waals surface area contributed by atoms with E-state index in [1.165, 1.54) is 4.68 Å². The highest BCUT2D eigenvalue weighted by Gasteiger charge is 2.26. The third kappa shape index (κ3) is 3.84. The van der Waals surface area contributed by atoms with Crippen LogP contribution in [0.2, 0.25) is 5.02 Å². The first-order valence-electron chi connectivity index (χ1n) is 8.14. The summed E-state index contributed by atoms with van der Waals surface area (Å²) in [6.45, 7) is 2.58. The van der Waals surface area contributed by atoms with Crippen LogP contribution >= 0.6 is 11.6 Å². The van der Waals surface area contributed by atoms with Crippen molar-refractivity contribution in [1.82, 2.24) is 15.1 Å². The molecule has 6 nitrogen and oxygen atoms in total. The van der Waals surface area contributed by atoms with Crippen molar-refractivity contribution in [1.29, 1.82) is 0 Å². The molecule has 2 aliphatic heterocycles. The van der Waals surface area contributed by atoms with Crippen LogP contribution in [0.15, 0.2) is 11.0 Å². The van der Waals surface area contributed by atoms with E-state index in [1.807, 2.05) is 0 Å². The molecule has 0 bridgehead atoms. The summed E-state index contributed by atoms with van der Waals surface area (Å²) in [5.74, 6) is -0.230. The predicted octanol–water partition coefficient (Wildman–Crippen LogP) is 1.96. The lowest BCUT2D eigenvalue weighted by Gasteiger charge is -2.27. The SMILES string of the molecule is O=c1c(Cl)c(NC[C@@H]2CCCOC2F)cnn1C1CCNCC1. The van der Waals surface area contributed by atoms with Crippen LogP contribution in [0.25, 0.3) is 0 Å². The van der Waals surface area contributed by atoms with Crippen molar-refractivity contribution >= 4 is 17.3 Å². The Morgan fingerprint density at radius 3 is 2.96 bits per heavy atom. The van der Waals surface area contributed by atoms with Gasteiger partial charge in [0, 0.05) is 12.5 Å². The summed E-state index contributed by atoms with van der Waals surface area (Å²) in [5.41, 5.74) is 0.167. The van der Waals surface area contributed by atoms with E-state index >= 15 is 0 Å². The van der Waals surface area contributed by atoms with Gasteiger partial charge in [-0.1, -0.05) is 11.6 Å². The molecule has 0 saturated carbocycles. The maximum absolute atomic E-state index is 13.7. The smallest absolute Gasteiger partial charge is 0.287 e. The Morgan fingerprint density at radius 2 is 2.22 bits per heavy atom. The number of rotatable bonds is 4. The van der Waals surface area contributed by atoms with Crippen LogP contribution in [0, 0.1) is 5.92 Å². The Hall–Kier alpha value is -1.18. The average molecular weight is 345 g/mol. The standard InChI is InChI=1S/C15H22ClFN4O2/c16-13-12(19-8-10-2-1-7-23-14(10)17)9-20-21(15(13)22)11-3-5-18-6-4-11/h9-11,14,18-19H,1-8H2/t10-,14?/m0/s1. The van der Waals surface area contributed by atoms with Crippen LogP contribution in [0.4, 0.5) is 10.1 Å².